The van der Waals surface area contributed by atoms with Crippen LogP contribution in [0.5, 0.6) is 0 Å². The van der Waals surface area contributed by atoms with Crippen LogP contribution >= 0.6 is 0 Å². The molecule has 4 aliphatic rings. The Bertz CT molecular complexity index is 1010. The first-order chi connectivity index (χ1) is 17.0. The third kappa shape index (κ3) is 4.76. The van der Waals surface area contributed by atoms with Gasteiger partial charge in [-0.25, -0.2) is 0 Å². The zero-order valence-corrected chi connectivity index (χ0v) is 20.8. The van der Waals surface area contributed by atoms with Crippen molar-refractivity contribution in [2.24, 2.45) is 35.5 Å². The van der Waals surface area contributed by atoms with Gasteiger partial charge in [-0.05, 0) is 79.9 Å². The van der Waals surface area contributed by atoms with E-state index in [9.17, 15) is 14.4 Å². The number of ether oxygens (including phenoxy) is 1. The van der Waals surface area contributed by atoms with Gasteiger partial charge in [0.15, 0.2) is 11.5 Å². The third-order valence-corrected chi connectivity index (χ3v) is 8.92. The van der Waals surface area contributed by atoms with Crippen LogP contribution < -0.4 is 5.32 Å². The van der Waals surface area contributed by atoms with Crippen molar-refractivity contribution in [1.82, 2.24) is 5.32 Å². The number of fused-ring (bicyclic) bond motifs is 5. The molecular formula is C29H37NO5. The molecule has 188 valence electrons. The van der Waals surface area contributed by atoms with E-state index >= 15 is 0 Å². The fourth-order valence-electron chi connectivity index (χ4n) is 6.97. The fraction of sp³-hybridized carbons (Fsp3) is 0.621. The summed E-state index contributed by atoms with van der Waals surface area (Å²) in [6, 6.07) is 3.00. The highest BCUT2D eigenvalue weighted by molar-refractivity contribution is 6.00. The molecule has 0 radical (unpaired) electrons. The quantitative estimate of drug-likeness (QED) is 0.472. The molecule has 1 aromatic heterocycles. The Hall–Kier alpha value is -2.63. The molecule has 1 saturated carbocycles. The molecule has 1 amide bonds. The monoisotopic (exact) mass is 479 g/mol. The van der Waals surface area contributed by atoms with E-state index in [0.717, 1.165) is 24.8 Å². The molecule has 0 spiro atoms. The number of amides is 1. The number of Topliss-reactive ketones (excluding diaryl/α,β-unsaturated/α-hetero) is 1. The van der Waals surface area contributed by atoms with Crippen molar-refractivity contribution < 1.29 is 23.5 Å². The number of cyclic esters (lactones) is 1. The Morgan fingerprint density at radius 1 is 1.09 bits per heavy atom. The Balaban J connectivity index is 1.45. The smallest absolute Gasteiger partial charge is 0.306 e. The van der Waals surface area contributed by atoms with Crippen LogP contribution in [0.25, 0.3) is 0 Å². The zero-order valence-electron chi connectivity index (χ0n) is 20.8. The number of hydrogen-bond donors (Lipinski definition) is 1. The maximum Gasteiger partial charge on any atom is 0.306 e. The van der Waals surface area contributed by atoms with Gasteiger partial charge >= 0.3 is 5.97 Å². The highest BCUT2D eigenvalue weighted by Gasteiger charge is 2.48. The van der Waals surface area contributed by atoms with Crippen molar-refractivity contribution in [3.8, 4) is 0 Å². The first kappa shape index (κ1) is 24.1. The third-order valence-electron chi connectivity index (χ3n) is 8.92. The van der Waals surface area contributed by atoms with Crippen LogP contribution in [-0.2, 0) is 14.3 Å². The SMILES string of the molecule is CCC1CCCC(NC(=O)c2ccco2)C(C)C(=O)C2=CC3C(C=CC4CCCC43)C2CC(=O)O1. The summed E-state index contributed by atoms with van der Waals surface area (Å²) >= 11 is 0. The molecule has 5 rings (SSSR count). The maximum absolute atomic E-state index is 14.0. The van der Waals surface area contributed by atoms with Crippen LogP contribution in [0.3, 0.4) is 0 Å². The molecule has 1 aromatic rings. The van der Waals surface area contributed by atoms with Crippen LogP contribution in [0.15, 0.2) is 46.6 Å². The lowest BCUT2D eigenvalue weighted by atomic mass is 9.70. The molecular weight excluding hydrogens is 442 g/mol. The molecule has 2 heterocycles. The number of allylic oxidation sites excluding steroid dienone is 4. The van der Waals surface area contributed by atoms with Crippen molar-refractivity contribution in [3.63, 3.8) is 0 Å². The number of hydrogen-bond acceptors (Lipinski definition) is 5. The minimum absolute atomic E-state index is 0.0532. The highest BCUT2D eigenvalue weighted by Crippen LogP contribution is 2.53. The van der Waals surface area contributed by atoms with Crippen molar-refractivity contribution in [2.45, 2.75) is 77.4 Å². The summed E-state index contributed by atoms with van der Waals surface area (Å²) in [5.74, 6) is 0.880. The minimum Gasteiger partial charge on any atom is -0.462 e. The van der Waals surface area contributed by atoms with E-state index in [1.165, 1.54) is 25.5 Å². The molecule has 0 bridgehead atoms. The normalized spacial score (nSPS) is 37.3. The number of carbonyl (C=O) groups is 3. The molecule has 2 fully saturated rings. The Morgan fingerprint density at radius 3 is 2.69 bits per heavy atom. The molecule has 8 atom stereocenters. The number of esters is 1. The first-order valence-electron chi connectivity index (χ1n) is 13.4. The second-order valence-corrected chi connectivity index (χ2v) is 10.9. The lowest BCUT2D eigenvalue weighted by Crippen LogP contribution is -2.43. The second kappa shape index (κ2) is 10.2. The van der Waals surface area contributed by atoms with Gasteiger partial charge in [-0.1, -0.05) is 38.5 Å². The number of carbonyl (C=O) groups excluding carboxylic acids is 3. The van der Waals surface area contributed by atoms with Crippen molar-refractivity contribution in [2.75, 3.05) is 0 Å². The summed E-state index contributed by atoms with van der Waals surface area (Å²) < 4.78 is 11.2. The van der Waals surface area contributed by atoms with Gasteiger partial charge in [0.05, 0.1) is 12.7 Å². The average molecular weight is 480 g/mol. The fourth-order valence-corrected chi connectivity index (χ4v) is 6.97. The van der Waals surface area contributed by atoms with Crippen LogP contribution in [0.2, 0.25) is 0 Å². The minimum atomic E-state index is -0.387. The van der Waals surface area contributed by atoms with Crippen LogP contribution in [0.4, 0.5) is 0 Å². The summed E-state index contributed by atoms with van der Waals surface area (Å²) in [5, 5.41) is 3.07. The standard InChI is InChI=1S/C29H37NO5/c1-3-19-8-5-10-25(30-29(33)26-11-6-14-34-26)17(2)28(32)24-15-22-20-9-4-7-18(20)12-13-21(22)23(24)16-27(31)35-19/h6,11-15,17-23,25H,3-5,7-10,16H2,1-2H3,(H,30,33). The number of ketones is 1. The van der Waals surface area contributed by atoms with E-state index in [-0.39, 0.29) is 59.7 Å². The van der Waals surface area contributed by atoms with Crippen LogP contribution in [0, 0.1) is 35.5 Å². The summed E-state index contributed by atoms with van der Waals surface area (Å²) in [6.45, 7) is 3.96. The lowest BCUT2D eigenvalue weighted by Gasteiger charge is -2.34. The van der Waals surface area contributed by atoms with Gasteiger partial charge in [-0.3, -0.25) is 14.4 Å². The molecule has 1 aliphatic heterocycles. The first-order valence-corrected chi connectivity index (χ1v) is 13.4. The van der Waals surface area contributed by atoms with E-state index in [4.69, 9.17) is 9.15 Å². The number of furan rings is 1. The van der Waals surface area contributed by atoms with Gasteiger partial charge in [0.2, 0.25) is 0 Å². The molecule has 1 N–H and O–H groups in total. The van der Waals surface area contributed by atoms with Gasteiger partial charge < -0.3 is 14.5 Å². The maximum atomic E-state index is 14.0. The molecule has 3 aliphatic carbocycles. The Morgan fingerprint density at radius 2 is 1.91 bits per heavy atom. The van der Waals surface area contributed by atoms with Gasteiger partial charge in [-0.2, -0.15) is 0 Å². The van der Waals surface area contributed by atoms with Gasteiger partial charge in [-0.15, -0.1) is 0 Å². The summed E-state index contributed by atoms with van der Waals surface area (Å²) in [4.78, 5) is 39.8. The second-order valence-electron chi connectivity index (χ2n) is 10.9. The Labute approximate surface area is 207 Å². The van der Waals surface area contributed by atoms with E-state index in [0.29, 0.717) is 24.2 Å². The average Bonchev–Trinajstić information content (AvgIpc) is 3.61. The van der Waals surface area contributed by atoms with Gasteiger partial charge in [0.25, 0.3) is 5.91 Å². The number of nitrogens with one attached hydrogen (secondary N) is 1. The van der Waals surface area contributed by atoms with E-state index in [1.54, 1.807) is 12.1 Å². The molecule has 6 heteroatoms. The highest BCUT2D eigenvalue weighted by atomic mass is 16.5. The Kier molecular flexibility index (Phi) is 6.99. The summed E-state index contributed by atoms with van der Waals surface area (Å²) in [5.41, 5.74) is 0.771. The lowest BCUT2D eigenvalue weighted by molar-refractivity contribution is -0.150. The number of rotatable bonds is 3. The van der Waals surface area contributed by atoms with E-state index in [2.05, 4.69) is 23.5 Å². The van der Waals surface area contributed by atoms with Crippen LogP contribution in [0.1, 0.15) is 75.8 Å². The molecule has 0 aromatic carbocycles. The summed E-state index contributed by atoms with van der Waals surface area (Å²) in [6.07, 6.45) is 14.9. The summed E-state index contributed by atoms with van der Waals surface area (Å²) in [7, 11) is 0. The zero-order chi connectivity index (χ0) is 24.5. The van der Waals surface area contributed by atoms with Gasteiger partial charge in [0.1, 0.15) is 6.10 Å². The van der Waals surface area contributed by atoms with Crippen molar-refractivity contribution in [1.29, 1.82) is 0 Å². The molecule has 1 saturated heterocycles. The van der Waals surface area contributed by atoms with Crippen LogP contribution in [-0.4, -0.2) is 29.8 Å². The predicted octanol–water partition coefficient (Wildman–Crippen LogP) is 5.25. The predicted molar refractivity (Wildman–Crippen MR) is 131 cm³/mol. The molecule has 35 heavy (non-hydrogen) atoms. The molecule has 6 nitrogen and oxygen atoms in total. The largest absolute Gasteiger partial charge is 0.462 e. The molecule has 8 unspecified atom stereocenters. The van der Waals surface area contributed by atoms with E-state index < -0.39 is 0 Å². The van der Waals surface area contributed by atoms with E-state index in [1.807, 2.05) is 13.8 Å². The van der Waals surface area contributed by atoms with Crippen molar-refractivity contribution >= 4 is 17.7 Å². The topological polar surface area (TPSA) is 85.6 Å². The van der Waals surface area contributed by atoms with Gasteiger partial charge in [0, 0.05) is 17.9 Å². The van der Waals surface area contributed by atoms with Crippen molar-refractivity contribution in [3.05, 3.63) is 48.0 Å².